The number of aryl methyl sites for hydroxylation is 1. The SMILES string of the molecule is COc1ccc(C2CC(NCc3sccc3C)C2)cc1. The van der Waals surface area contributed by atoms with Crippen LogP contribution in [0.5, 0.6) is 5.75 Å². The highest BCUT2D eigenvalue weighted by molar-refractivity contribution is 7.10. The number of hydrogen-bond acceptors (Lipinski definition) is 3. The smallest absolute Gasteiger partial charge is 0.118 e. The van der Waals surface area contributed by atoms with Crippen molar-refractivity contribution in [2.75, 3.05) is 7.11 Å². The average Bonchev–Trinajstić information content (AvgIpc) is 2.83. The normalized spacial score (nSPS) is 21.5. The molecule has 1 aromatic carbocycles. The molecule has 3 rings (SSSR count). The van der Waals surface area contributed by atoms with E-state index in [2.05, 4.69) is 48.0 Å². The van der Waals surface area contributed by atoms with Gasteiger partial charge in [0.2, 0.25) is 0 Å². The van der Waals surface area contributed by atoms with E-state index in [-0.39, 0.29) is 0 Å². The third kappa shape index (κ3) is 2.89. The molecule has 0 bridgehead atoms. The lowest BCUT2D eigenvalue weighted by molar-refractivity contribution is 0.290. The van der Waals surface area contributed by atoms with Gasteiger partial charge in [0.1, 0.15) is 5.75 Å². The first kappa shape index (κ1) is 13.7. The Hall–Kier alpha value is -1.32. The molecule has 0 amide bonds. The summed E-state index contributed by atoms with van der Waals surface area (Å²) in [5.41, 5.74) is 2.85. The number of benzene rings is 1. The van der Waals surface area contributed by atoms with Gasteiger partial charge in [-0.3, -0.25) is 0 Å². The Morgan fingerprint density at radius 2 is 1.95 bits per heavy atom. The van der Waals surface area contributed by atoms with Gasteiger partial charge in [-0.25, -0.2) is 0 Å². The van der Waals surface area contributed by atoms with Gasteiger partial charge in [-0.2, -0.15) is 0 Å². The second kappa shape index (κ2) is 5.98. The molecule has 1 aromatic heterocycles. The fourth-order valence-electron chi connectivity index (χ4n) is 2.75. The van der Waals surface area contributed by atoms with Gasteiger partial charge in [-0.05, 0) is 60.4 Å². The fraction of sp³-hybridized carbons (Fsp3) is 0.412. The van der Waals surface area contributed by atoms with Crippen molar-refractivity contribution in [3.8, 4) is 5.75 Å². The van der Waals surface area contributed by atoms with Gasteiger partial charge in [0.25, 0.3) is 0 Å². The van der Waals surface area contributed by atoms with Gasteiger partial charge in [0.05, 0.1) is 7.11 Å². The predicted molar refractivity (Wildman–Crippen MR) is 84.7 cm³/mol. The monoisotopic (exact) mass is 287 g/mol. The molecule has 0 atom stereocenters. The van der Waals surface area contributed by atoms with Crippen LogP contribution in [0.3, 0.4) is 0 Å². The molecule has 0 unspecified atom stereocenters. The van der Waals surface area contributed by atoms with Crippen molar-refractivity contribution in [2.24, 2.45) is 0 Å². The first-order valence-electron chi connectivity index (χ1n) is 7.16. The summed E-state index contributed by atoms with van der Waals surface area (Å²) in [4.78, 5) is 1.47. The maximum Gasteiger partial charge on any atom is 0.118 e. The number of rotatable bonds is 5. The molecule has 1 N–H and O–H groups in total. The summed E-state index contributed by atoms with van der Waals surface area (Å²) < 4.78 is 5.20. The van der Waals surface area contributed by atoms with Gasteiger partial charge >= 0.3 is 0 Å². The van der Waals surface area contributed by atoms with Crippen LogP contribution in [0.25, 0.3) is 0 Å². The van der Waals surface area contributed by atoms with Gasteiger partial charge in [-0.15, -0.1) is 11.3 Å². The highest BCUT2D eigenvalue weighted by Crippen LogP contribution is 2.37. The lowest BCUT2D eigenvalue weighted by Gasteiger charge is -2.36. The summed E-state index contributed by atoms with van der Waals surface area (Å²) in [6, 6.07) is 11.4. The summed E-state index contributed by atoms with van der Waals surface area (Å²) in [5, 5.41) is 5.84. The van der Waals surface area contributed by atoms with E-state index in [1.165, 1.54) is 28.8 Å². The van der Waals surface area contributed by atoms with Crippen LogP contribution in [0.2, 0.25) is 0 Å². The van der Waals surface area contributed by atoms with Crippen LogP contribution in [0, 0.1) is 6.92 Å². The Morgan fingerprint density at radius 1 is 1.20 bits per heavy atom. The van der Waals surface area contributed by atoms with E-state index < -0.39 is 0 Å². The number of ether oxygens (including phenoxy) is 1. The Bertz CT molecular complexity index is 555. The van der Waals surface area contributed by atoms with Gasteiger partial charge in [0, 0.05) is 17.5 Å². The van der Waals surface area contributed by atoms with E-state index in [9.17, 15) is 0 Å². The molecule has 0 spiro atoms. The fourth-order valence-corrected chi connectivity index (χ4v) is 3.61. The maximum absolute atomic E-state index is 5.20. The molecule has 1 heterocycles. The number of nitrogens with one attached hydrogen (secondary N) is 1. The summed E-state index contributed by atoms with van der Waals surface area (Å²) in [5.74, 6) is 1.65. The van der Waals surface area contributed by atoms with Crippen LogP contribution in [-0.4, -0.2) is 13.2 Å². The molecular formula is C17H21NOS. The zero-order valence-corrected chi connectivity index (χ0v) is 12.9. The summed E-state index contributed by atoms with van der Waals surface area (Å²) in [7, 11) is 1.71. The van der Waals surface area contributed by atoms with Crippen molar-refractivity contribution in [1.82, 2.24) is 5.32 Å². The minimum atomic E-state index is 0.670. The van der Waals surface area contributed by atoms with Crippen molar-refractivity contribution in [3.63, 3.8) is 0 Å². The molecular weight excluding hydrogens is 266 g/mol. The predicted octanol–water partition coefficient (Wildman–Crippen LogP) is 4.10. The largest absolute Gasteiger partial charge is 0.497 e. The van der Waals surface area contributed by atoms with Crippen molar-refractivity contribution in [2.45, 2.75) is 38.3 Å². The molecule has 2 aromatic rings. The molecule has 1 aliphatic carbocycles. The number of hydrogen-bond donors (Lipinski definition) is 1. The van der Waals surface area contributed by atoms with Crippen molar-refractivity contribution < 1.29 is 4.74 Å². The van der Waals surface area contributed by atoms with E-state index in [1.807, 2.05) is 11.3 Å². The molecule has 3 heteroatoms. The third-order valence-electron chi connectivity index (χ3n) is 4.24. The molecule has 2 nitrogen and oxygen atoms in total. The van der Waals surface area contributed by atoms with E-state index in [4.69, 9.17) is 4.74 Å². The lowest BCUT2D eigenvalue weighted by atomic mass is 9.76. The van der Waals surface area contributed by atoms with Crippen LogP contribution < -0.4 is 10.1 Å². The highest BCUT2D eigenvalue weighted by atomic mass is 32.1. The second-order valence-corrected chi connectivity index (χ2v) is 6.55. The van der Waals surface area contributed by atoms with Crippen LogP contribution in [0.1, 0.15) is 34.8 Å². The molecule has 0 aliphatic heterocycles. The Kier molecular flexibility index (Phi) is 4.08. The van der Waals surface area contributed by atoms with Crippen molar-refractivity contribution >= 4 is 11.3 Å². The average molecular weight is 287 g/mol. The first-order valence-corrected chi connectivity index (χ1v) is 8.04. The second-order valence-electron chi connectivity index (χ2n) is 5.55. The zero-order chi connectivity index (χ0) is 13.9. The van der Waals surface area contributed by atoms with Crippen molar-refractivity contribution in [1.29, 1.82) is 0 Å². The Balaban J connectivity index is 1.47. The van der Waals surface area contributed by atoms with Gasteiger partial charge in [0.15, 0.2) is 0 Å². The molecule has 1 saturated carbocycles. The Labute approximate surface area is 124 Å². The van der Waals surface area contributed by atoms with E-state index in [0.717, 1.165) is 12.3 Å². The molecule has 0 saturated heterocycles. The molecule has 0 radical (unpaired) electrons. The van der Waals surface area contributed by atoms with Crippen LogP contribution in [-0.2, 0) is 6.54 Å². The highest BCUT2D eigenvalue weighted by Gasteiger charge is 2.29. The minimum Gasteiger partial charge on any atom is -0.497 e. The van der Waals surface area contributed by atoms with Crippen LogP contribution in [0.15, 0.2) is 35.7 Å². The van der Waals surface area contributed by atoms with Gasteiger partial charge < -0.3 is 10.1 Å². The van der Waals surface area contributed by atoms with E-state index >= 15 is 0 Å². The summed E-state index contributed by atoms with van der Waals surface area (Å²) in [6.45, 7) is 3.21. The van der Waals surface area contributed by atoms with Crippen LogP contribution >= 0.6 is 11.3 Å². The minimum absolute atomic E-state index is 0.670. The first-order chi connectivity index (χ1) is 9.76. The van der Waals surface area contributed by atoms with Gasteiger partial charge in [-0.1, -0.05) is 12.1 Å². The zero-order valence-electron chi connectivity index (χ0n) is 12.1. The van der Waals surface area contributed by atoms with E-state index in [1.54, 1.807) is 7.11 Å². The Morgan fingerprint density at radius 3 is 2.55 bits per heavy atom. The number of thiophene rings is 1. The standard InChI is InChI=1S/C17H21NOS/c1-12-7-8-20-17(12)11-18-15-9-14(10-15)13-3-5-16(19-2)6-4-13/h3-8,14-15,18H,9-11H2,1-2H3. The van der Waals surface area contributed by atoms with Crippen molar-refractivity contribution in [3.05, 3.63) is 51.7 Å². The quantitative estimate of drug-likeness (QED) is 0.894. The summed E-state index contributed by atoms with van der Waals surface area (Å²) >= 11 is 1.85. The molecule has 1 aliphatic rings. The molecule has 1 fully saturated rings. The molecule has 106 valence electrons. The summed E-state index contributed by atoms with van der Waals surface area (Å²) in [6.07, 6.45) is 2.49. The van der Waals surface area contributed by atoms with E-state index in [0.29, 0.717) is 12.0 Å². The number of methoxy groups -OCH3 is 1. The van der Waals surface area contributed by atoms with Crippen LogP contribution in [0.4, 0.5) is 0 Å². The molecule has 20 heavy (non-hydrogen) atoms. The topological polar surface area (TPSA) is 21.3 Å². The third-order valence-corrected chi connectivity index (χ3v) is 5.27. The lowest BCUT2D eigenvalue weighted by Crippen LogP contribution is -2.39. The maximum atomic E-state index is 5.20.